The standard InChI is InChI=1S/C15H19ClN4O3/c1-9(20-15-13(16)14(17)18-8-19-15)10-3-4-11(23-6-5-21)12(7-10)22-2/h3-4,7-9,21H,5-6H2,1-2H3,(H3,17,18,19,20). The summed E-state index contributed by atoms with van der Waals surface area (Å²) >= 11 is 6.08. The molecule has 0 spiro atoms. The maximum Gasteiger partial charge on any atom is 0.161 e. The van der Waals surface area contributed by atoms with Gasteiger partial charge in [0.05, 0.1) is 19.8 Å². The van der Waals surface area contributed by atoms with Gasteiger partial charge in [0.1, 0.15) is 23.8 Å². The molecule has 2 rings (SSSR count). The summed E-state index contributed by atoms with van der Waals surface area (Å²) < 4.78 is 10.7. The predicted molar refractivity (Wildman–Crippen MR) is 89.1 cm³/mol. The van der Waals surface area contributed by atoms with Crippen molar-refractivity contribution in [3.05, 3.63) is 35.1 Å². The molecule has 0 aliphatic carbocycles. The van der Waals surface area contributed by atoms with Crippen LogP contribution in [0.1, 0.15) is 18.5 Å². The van der Waals surface area contributed by atoms with Gasteiger partial charge in [0.2, 0.25) is 0 Å². The first-order valence-corrected chi connectivity index (χ1v) is 7.38. The van der Waals surface area contributed by atoms with E-state index in [0.29, 0.717) is 17.3 Å². The van der Waals surface area contributed by atoms with Crippen LogP contribution in [0.2, 0.25) is 5.02 Å². The van der Waals surface area contributed by atoms with Crippen LogP contribution < -0.4 is 20.5 Å². The van der Waals surface area contributed by atoms with Crippen LogP contribution in [0.5, 0.6) is 11.5 Å². The van der Waals surface area contributed by atoms with Crippen LogP contribution >= 0.6 is 11.6 Å². The van der Waals surface area contributed by atoms with E-state index in [9.17, 15) is 0 Å². The number of hydrogen-bond acceptors (Lipinski definition) is 7. The van der Waals surface area contributed by atoms with Crippen molar-refractivity contribution in [1.29, 1.82) is 0 Å². The molecule has 124 valence electrons. The Kier molecular flexibility index (Phi) is 5.84. The first-order chi connectivity index (χ1) is 11.1. The number of aromatic nitrogens is 2. The molecule has 4 N–H and O–H groups in total. The Balaban J connectivity index is 2.18. The maximum absolute atomic E-state index is 8.84. The molecule has 1 atom stereocenters. The van der Waals surface area contributed by atoms with Crippen LogP contribution in [-0.4, -0.2) is 35.4 Å². The van der Waals surface area contributed by atoms with E-state index >= 15 is 0 Å². The summed E-state index contributed by atoms with van der Waals surface area (Å²) in [4.78, 5) is 7.91. The quantitative estimate of drug-likeness (QED) is 0.711. The van der Waals surface area contributed by atoms with E-state index in [0.717, 1.165) is 5.56 Å². The molecule has 0 aliphatic heterocycles. The maximum atomic E-state index is 8.84. The minimum Gasteiger partial charge on any atom is -0.493 e. The van der Waals surface area contributed by atoms with Gasteiger partial charge in [0.25, 0.3) is 0 Å². The molecule has 0 saturated carbocycles. The molecule has 0 saturated heterocycles. The molecule has 2 aromatic rings. The normalized spacial score (nSPS) is 11.8. The summed E-state index contributed by atoms with van der Waals surface area (Å²) in [5, 5.41) is 12.3. The Morgan fingerprint density at radius 1 is 1.35 bits per heavy atom. The number of anilines is 2. The van der Waals surface area contributed by atoms with Crippen molar-refractivity contribution in [2.24, 2.45) is 0 Å². The highest BCUT2D eigenvalue weighted by Gasteiger charge is 2.14. The van der Waals surface area contributed by atoms with Gasteiger partial charge in [-0.2, -0.15) is 0 Å². The van der Waals surface area contributed by atoms with Gasteiger partial charge in [-0.05, 0) is 24.6 Å². The highest BCUT2D eigenvalue weighted by atomic mass is 35.5. The number of aliphatic hydroxyl groups is 1. The fourth-order valence-corrected chi connectivity index (χ4v) is 2.15. The zero-order chi connectivity index (χ0) is 16.8. The number of rotatable bonds is 7. The Bertz CT molecular complexity index is 669. The van der Waals surface area contributed by atoms with Crippen LogP contribution in [0.3, 0.4) is 0 Å². The molecule has 1 unspecified atom stereocenters. The van der Waals surface area contributed by atoms with Crippen LogP contribution in [-0.2, 0) is 0 Å². The molecule has 0 radical (unpaired) electrons. The third-order valence-corrected chi connectivity index (χ3v) is 3.58. The summed E-state index contributed by atoms with van der Waals surface area (Å²) in [6, 6.07) is 5.44. The van der Waals surface area contributed by atoms with E-state index in [4.69, 9.17) is 31.9 Å². The molecule has 1 heterocycles. The Morgan fingerprint density at radius 3 is 2.83 bits per heavy atom. The molecule has 0 aliphatic rings. The second-order valence-corrected chi connectivity index (χ2v) is 5.15. The summed E-state index contributed by atoms with van der Waals surface area (Å²) in [6.07, 6.45) is 1.35. The van der Waals surface area contributed by atoms with Crippen molar-refractivity contribution in [2.75, 3.05) is 31.4 Å². The SMILES string of the molecule is COc1cc(C(C)Nc2ncnc(N)c2Cl)ccc1OCCO. The first kappa shape index (κ1) is 17.1. The Morgan fingerprint density at radius 2 is 2.13 bits per heavy atom. The van der Waals surface area contributed by atoms with Gasteiger partial charge in [0.15, 0.2) is 17.3 Å². The molecule has 8 heteroatoms. The third-order valence-electron chi connectivity index (χ3n) is 3.21. The van der Waals surface area contributed by atoms with E-state index < -0.39 is 0 Å². The van der Waals surface area contributed by atoms with Crippen molar-refractivity contribution >= 4 is 23.2 Å². The molecular weight excluding hydrogens is 320 g/mol. The lowest BCUT2D eigenvalue weighted by molar-refractivity contribution is 0.196. The van der Waals surface area contributed by atoms with Crippen molar-refractivity contribution < 1.29 is 14.6 Å². The zero-order valence-corrected chi connectivity index (χ0v) is 13.7. The molecule has 0 bridgehead atoms. The number of nitrogens with one attached hydrogen (secondary N) is 1. The highest BCUT2D eigenvalue weighted by molar-refractivity contribution is 6.35. The number of nitrogen functional groups attached to an aromatic ring is 1. The molecular formula is C15H19ClN4O3. The van der Waals surface area contributed by atoms with Crippen molar-refractivity contribution in [3.63, 3.8) is 0 Å². The largest absolute Gasteiger partial charge is 0.493 e. The number of benzene rings is 1. The molecule has 1 aromatic heterocycles. The van der Waals surface area contributed by atoms with E-state index in [2.05, 4.69) is 15.3 Å². The van der Waals surface area contributed by atoms with Gasteiger partial charge in [-0.15, -0.1) is 0 Å². The van der Waals surface area contributed by atoms with Crippen LogP contribution in [0.15, 0.2) is 24.5 Å². The van der Waals surface area contributed by atoms with Crippen molar-refractivity contribution in [3.8, 4) is 11.5 Å². The average molecular weight is 339 g/mol. The lowest BCUT2D eigenvalue weighted by atomic mass is 10.1. The van der Waals surface area contributed by atoms with E-state index in [1.165, 1.54) is 6.33 Å². The second kappa shape index (κ2) is 7.85. The predicted octanol–water partition coefficient (Wildman–Crippen LogP) is 2.27. The molecule has 1 aromatic carbocycles. The number of halogens is 1. The molecule has 7 nitrogen and oxygen atoms in total. The van der Waals surface area contributed by atoms with Gasteiger partial charge in [-0.1, -0.05) is 17.7 Å². The monoisotopic (exact) mass is 338 g/mol. The average Bonchev–Trinajstić information content (AvgIpc) is 2.56. The number of hydrogen-bond donors (Lipinski definition) is 3. The smallest absolute Gasteiger partial charge is 0.161 e. The number of nitrogens with zero attached hydrogens (tertiary/aromatic N) is 2. The molecule has 23 heavy (non-hydrogen) atoms. The van der Waals surface area contributed by atoms with E-state index in [1.807, 2.05) is 19.1 Å². The molecule has 0 fully saturated rings. The second-order valence-electron chi connectivity index (χ2n) is 4.77. The minimum atomic E-state index is -0.0948. The zero-order valence-electron chi connectivity index (χ0n) is 12.9. The van der Waals surface area contributed by atoms with Crippen molar-refractivity contribution in [2.45, 2.75) is 13.0 Å². The number of aliphatic hydroxyl groups excluding tert-OH is 1. The van der Waals surface area contributed by atoms with Crippen LogP contribution in [0, 0.1) is 0 Å². The number of ether oxygens (including phenoxy) is 2. The van der Waals surface area contributed by atoms with Crippen LogP contribution in [0.25, 0.3) is 0 Å². The molecule has 0 amide bonds. The highest BCUT2D eigenvalue weighted by Crippen LogP contribution is 2.32. The van der Waals surface area contributed by atoms with Gasteiger partial charge in [-0.25, -0.2) is 9.97 Å². The number of nitrogens with two attached hydrogens (primary N) is 1. The number of methoxy groups -OCH3 is 1. The summed E-state index contributed by atoms with van der Waals surface area (Å²) in [5.74, 6) is 1.84. The lowest BCUT2D eigenvalue weighted by Gasteiger charge is -2.18. The lowest BCUT2D eigenvalue weighted by Crippen LogP contribution is -2.10. The van der Waals surface area contributed by atoms with Gasteiger partial charge >= 0.3 is 0 Å². The van der Waals surface area contributed by atoms with E-state index in [1.54, 1.807) is 13.2 Å². The van der Waals surface area contributed by atoms with Crippen LogP contribution in [0.4, 0.5) is 11.6 Å². The summed E-state index contributed by atoms with van der Waals surface area (Å²) in [6.45, 7) is 2.10. The third kappa shape index (κ3) is 4.14. The summed E-state index contributed by atoms with van der Waals surface area (Å²) in [7, 11) is 1.56. The summed E-state index contributed by atoms with van der Waals surface area (Å²) in [5.41, 5.74) is 6.62. The van der Waals surface area contributed by atoms with Crippen molar-refractivity contribution in [1.82, 2.24) is 9.97 Å². The Hall–Kier alpha value is -2.25. The fourth-order valence-electron chi connectivity index (χ4n) is 2.00. The van der Waals surface area contributed by atoms with Gasteiger partial charge in [0, 0.05) is 0 Å². The Labute approximate surface area is 139 Å². The topological polar surface area (TPSA) is 103 Å². The minimum absolute atomic E-state index is 0.0590. The fraction of sp³-hybridized carbons (Fsp3) is 0.333. The van der Waals surface area contributed by atoms with Gasteiger partial charge in [-0.3, -0.25) is 0 Å². The first-order valence-electron chi connectivity index (χ1n) is 7.01. The van der Waals surface area contributed by atoms with Gasteiger partial charge < -0.3 is 25.6 Å². The van der Waals surface area contributed by atoms with E-state index in [-0.39, 0.29) is 30.1 Å².